The molecule has 0 amide bonds. The highest BCUT2D eigenvalue weighted by atomic mass is 32.2. The van der Waals surface area contributed by atoms with Crippen LogP contribution < -0.4 is 4.57 Å². The zero-order valence-corrected chi connectivity index (χ0v) is 15.6. The molecule has 0 aliphatic heterocycles. The number of rotatable bonds is 5. The second-order valence-corrected chi connectivity index (χ2v) is 8.54. The summed E-state index contributed by atoms with van der Waals surface area (Å²) in [6.07, 6.45) is 1.95. The van der Waals surface area contributed by atoms with Crippen molar-refractivity contribution in [2.24, 2.45) is 0 Å². The van der Waals surface area contributed by atoms with Gasteiger partial charge in [0.2, 0.25) is 15.5 Å². The zero-order valence-electron chi connectivity index (χ0n) is 14.8. The van der Waals surface area contributed by atoms with Crippen LogP contribution in [0.15, 0.2) is 41.4 Å². The summed E-state index contributed by atoms with van der Waals surface area (Å²) >= 11 is 0. The summed E-state index contributed by atoms with van der Waals surface area (Å²) in [6.45, 7) is 11.8. The molecule has 4 nitrogen and oxygen atoms in total. The summed E-state index contributed by atoms with van der Waals surface area (Å²) in [4.78, 5) is 0.381. The molecule has 0 saturated carbocycles. The van der Waals surface area contributed by atoms with Crippen molar-refractivity contribution < 1.29 is 13.0 Å². The topological polar surface area (TPSA) is 41.3 Å². The van der Waals surface area contributed by atoms with Crippen LogP contribution in [0, 0.1) is 0 Å². The van der Waals surface area contributed by atoms with Gasteiger partial charge in [-0.05, 0) is 59.7 Å². The van der Waals surface area contributed by atoms with Crippen LogP contribution in [0.4, 0.5) is 0 Å². The van der Waals surface area contributed by atoms with E-state index in [0.29, 0.717) is 4.90 Å². The van der Waals surface area contributed by atoms with Gasteiger partial charge in [0.1, 0.15) is 0 Å². The van der Waals surface area contributed by atoms with Gasteiger partial charge in [-0.1, -0.05) is 6.07 Å². The molecule has 0 unspecified atom stereocenters. The molecule has 0 aliphatic rings. The molecule has 1 aromatic carbocycles. The van der Waals surface area contributed by atoms with E-state index in [4.69, 9.17) is 0 Å². The lowest BCUT2D eigenvalue weighted by atomic mass is 10.2. The monoisotopic (exact) mass is 335 g/mol. The summed E-state index contributed by atoms with van der Waals surface area (Å²) in [5.74, 6) is 0. The number of nitrogens with zero attached hydrogens (tertiary/aromatic N) is 2. The summed E-state index contributed by atoms with van der Waals surface area (Å²) in [7, 11) is -3.57. The van der Waals surface area contributed by atoms with E-state index < -0.39 is 10.0 Å². The van der Waals surface area contributed by atoms with E-state index in [2.05, 4.69) is 13.8 Å². The molecule has 0 spiro atoms. The lowest BCUT2D eigenvalue weighted by molar-refractivity contribution is -0.692. The number of benzene rings is 1. The molecular weight excluding hydrogens is 308 g/mol. The lowest BCUT2D eigenvalue weighted by Gasteiger charge is -2.29. The molecule has 0 fully saturated rings. The molecule has 0 radical (unpaired) electrons. The molecule has 0 saturated heterocycles. The van der Waals surface area contributed by atoms with E-state index in [1.165, 1.54) is 0 Å². The number of pyridine rings is 1. The molecule has 2 rings (SSSR count). The van der Waals surface area contributed by atoms with Crippen LogP contribution in [-0.2, 0) is 10.0 Å². The Morgan fingerprint density at radius 3 is 2.00 bits per heavy atom. The zero-order chi connectivity index (χ0) is 17.4. The quantitative estimate of drug-likeness (QED) is 0.785. The van der Waals surface area contributed by atoms with Gasteiger partial charge in [0, 0.05) is 23.5 Å². The Bertz CT molecular complexity index is 783. The molecule has 1 aromatic heterocycles. The molecule has 0 atom stereocenters. The van der Waals surface area contributed by atoms with E-state index >= 15 is 0 Å². The largest absolute Gasteiger partial charge is 0.250 e. The Morgan fingerprint density at radius 1 is 0.913 bits per heavy atom. The van der Waals surface area contributed by atoms with Crippen molar-refractivity contribution in [3.05, 3.63) is 36.5 Å². The van der Waals surface area contributed by atoms with Crippen molar-refractivity contribution in [1.29, 1.82) is 0 Å². The van der Waals surface area contributed by atoms with Gasteiger partial charge < -0.3 is 0 Å². The van der Waals surface area contributed by atoms with Gasteiger partial charge in [-0.3, -0.25) is 0 Å². The Hall–Kier alpha value is -1.46. The minimum atomic E-state index is -3.57. The third-order valence-electron chi connectivity index (χ3n) is 3.94. The fraction of sp³-hybridized carbons (Fsp3) is 0.500. The number of aromatic nitrogens is 1. The molecule has 5 heteroatoms. The van der Waals surface area contributed by atoms with Gasteiger partial charge in [0.05, 0.1) is 0 Å². The van der Waals surface area contributed by atoms with Crippen LogP contribution in [0.25, 0.3) is 10.9 Å². The third-order valence-corrected chi connectivity index (χ3v) is 6.22. The van der Waals surface area contributed by atoms with Crippen molar-refractivity contribution in [2.45, 2.75) is 64.6 Å². The number of para-hydroxylation sites is 1. The van der Waals surface area contributed by atoms with Crippen LogP contribution in [-0.4, -0.2) is 24.8 Å². The Balaban J connectivity index is 2.82. The van der Waals surface area contributed by atoms with Crippen LogP contribution in [0.2, 0.25) is 0 Å². The molecule has 2 aromatic rings. The van der Waals surface area contributed by atoms with Crippen molar-refractivity contribution in [1.82, 2.24) is 4.31 Å². The Kier molecular flexibility index (Phi) is 5.11. The van der Waals surface area contributed by atoms with E-state index in [1.807, 2.05) is 62.7 Å². The normalized spacial score (nSPS) is 13.0. The van der Waals surface area contributed by atoms with Crippen molar-refractivity contribution in [3.8, 4) is 0 Å². The first-order chi connectivity index (χ1) is 10.7. The van der Waals surface area contributed by atoms with Crippen LogP contribution in [0.3, 0.4) is 0 Å². The average Bonchev–Trinajstić information content (AvgIpc) is 2.44. The first kappa shape index (κ1) is 17.9. The predicted molar refractivity (Wildman–Crippen MR) is 93.8 cm³/mol. The minimum absolute atomic E-state index is 0.0912. The van der Waals surface area contributed by atoms with Gasteiger partial charge in [0.25, 0.3) is 0 Å². The molecule has 0 N–H and O–H groups in total. The van der Waals surface area contributed by atoms with E-state index in [-0.39, 0.29) is 18.1 Å². The van der Waals surface area contributed by atoms with Crippen LogP contribution in [0.5, 0.6) is 0 Å². The van der Waals surface area contributed by atoms with E-state index in [9.17, 15) is 8.42 Å². The standard InChI is InChI=1S/C18H27N2O2S/c1-13(2)19-12-8-10-16-9-7-11-17(18(16)19)23(21,22)20(14(3)4)15(5)6/h7-15H,1-6H3/q+1. The minimum Gasteiger partial charge on any atom is -0.207 e. The molecular formula is C18H27N2O2S+. The fourth-order valence-corrected chi connectivity index (χ4v) is 5.22. The molecule has 0 aliphatic carbocycles. The third kappa shape index (κ3) is 3.26. The van der Waals surface area contributed by atoms with Gasteiger partial charge >= 0.3 is 0 Å². The smallest absolute Gasteiger partial charge is 0.207 e. The number of hydrogen-bond acceptors (Lipinski definition) is 2. The Labute approximate surface area is 139 Å². The van der Waals surface area contributed by atoms with Gasteiger partial charge in [0.15, 0.2) is 17.1 Å². The van der Waals surface area contributed by atoms with Crippen molar-refractivity contribution >= 4 is 20.9 Å². The molecule has 0 bridgehead atoms. The molecule has 1 heterocycles. The maximum absolute atomic E-state index is 13.3. The highest BCUT2D eigenvalue weighted by molar-refractivity contribution is 7.89. The van der Waals surface area contributed by atoms with Gasteiger partial charge in [-0.15, -0.1) is 0 Å². The second kappa shape index (κ2) is 6.57. The van der Waals surface area contributed by atoms with E-state index in [0.717, 1.165) is 10.9 Å². The second-order valence-electron chi connectivity index (χ2n) is 6.73. The number of hydrogen-bond donors (Lipinski definition) is 0. The Morgan fingerprint density at radius 2 is 1.48 bits per heavy atom. The predicted octanol–water partition coefficient (Wildman–Crippen LogP) is 3.52. The maximum atomic E-state index is 13.3. The van der Waals surface area contributed by atoms with Gasteiger partial charge in [-0.25, -0.2) is 8.42 Å². The highest BCUT2D eigenvalue weighted by Gasteiger charge is 2.34. The number of fused-ring (bicyclic) bond motifs is 1. The molecule has 23 heavy (non-hydrogen) atoms. The lowest BCUT2D eigenvalue weighted by Crippen LogP contribution is -2.44. The van der Waals surface area contributed by atoms with Crippen LogP contribution in [0.1, 0.15) is 47.6 Å². The fourth-order valence-electron chi connectivity index (χ4n) is 3.17. The first-order valence-electron chi connectivity index (χ1n) is 8.14. The maximum Gasteiger partial charge on any atom is 0.250 e. The number of sulfonamides is 1. The first-order valence-corrected chi connectivity index (χ1v) is 9.58. The summed E-state index contributed by atoms with van der Waals surface area (Å²) in [6, 6.07) is 9.42. The van der Waals surface area contributed by atoms with Crippen LogP contribution >= 0.6 is 0 Å². The van der Waals surface area contributed by atoms with Crippen molar-refractivity contribution in [2.75, 3.05) is 0 Å². The molecule has 126 valence electrons. The van der Waals surface area contributed by atoms with Crippen molar-refractivity contribution in [3.63, 3.8) is 0 Å². The summed E-state index contributed by atoms with van der Waals surface area (Å²) in [5, 5.41) is 0.940. The average molecular weight is 335 g/mol. The van der Waals surface area contributed by atoms with E-state index in [1.54, 1.807) is 10.4 Å². The summed E-state index contributed by atoms with van der Waals surface area (Å²) < 4.78 is 30.2. The summed E-state index contributed by atoms with van der Waals surface area (Å²) in [5.41, 5.74) is 0.774. The van der Waals surface area contributed by atoms with Gasteiger partial charge in [-0.2, -0.15) is 8.87 Å². The SMILES string of the molecule is CC(C)N(C(C)C)S(=O)(=O)c1cccc2ccc[n+](C(C)C)c12. The highest BCUT2D eigenvalue weighted by Crippen LogP contribution is 2.26.